The van der Waals surface area contributed by atoms with Crippen LogP contribution in [0.25, 0.3) is 0 Å². The lowest BCUT2D eigenvalue weighted by Crippen LogP contribution is -2.54. The molecule has 1 heterocycles. The minimum Gasteiger partial charge on any atom is -0.507 e. The number of rotatable bonds is 5. The molecular weight excluding hydrogens is 514 g/mol. The number of fused-ring (bicyclic) bond motifs is 3. The number of phenolic OH excluding ortho intramolecular Hbond substituents is 3. The molecule has 0 bridgehead atoms. The Balaban J connectivity index is 1.65. The monoisotopic (exact) mass is 543 g/mol. The van der Waals surface area contributed by atoms with Crippen LogP contribution in [-0.2, 0) is 20.7 Å². The Morgan fingerprint density at radius 3 is 2.49 bits per heavy atom. The smallest absolute Gasteiger partial charge is 0.207 e. The number of amides is 1. The Bertz CT molecular complexity index is 1370. The van der Waals surface area contributed by atoms with Crippen LogP contribution in [0.3, 0.4) is 0 Å². The molecule has 5 unspecified atom stereocenters. The maximum absolute atomic E-state index is 13.5. The number of aliphatic hydroxyl groups is 3. The summed E-state index contributed by atoms with van der Waals surface area (Å²) in [6.07, 6.45) is -5.74. The highest BCUT2D eigenvalue weighted by Crippen LogP contribution is 2.52. The van der Waals surface area contributed by atoms with Gasteiger partial charge >= 0.3 is 0 Å². The van der Waals surface area contributed by atoms with E-state index in [1.807, 2.05) is 0 Å². The number of hydrogen-bond donors (Lipinski definition) is 7. The molecule has 2 aromatic rings. The fraction of sp³-hybridized carbons (Fsp3) is 0.444. The standard InChI is InChI=1S/C27H29NO11/c1-10-22(32)14(28-9-29)6-17(38-10)39-16-8-27(37,11(2)30)7-13-19(16)26(36)21-20(24(13)34)23(33)12-4-3-5-15(31)18(12)25(21)35/h3-5,9-11,14,16-17,22,30-32,34,36-37H,6-8H2,1-2H3,(H,28,29)/t10?,11?,14?,16-,17?,22?,27-/m0/s1. The molecular formula is C27H29NO11. The minimum absolute atomic E-state index is 0.0143. The van der Waals surface area contributed by atoms with Crippen LogP contribution in [0.15, 0.2) is 18.2 Å². The number of benzene rings is 2. The van der Waals surface area contributed by atoms with E-state index >= 15 is 0 Å². The molecule has 7 N–H and O–H groups in total. The van der Waals surface area contributed by atoms with Crippen LogP contribution in [0.5, 0.6) is 17.2 Å². The van der Waals surface area contributed by atoms with Crippen LogP contribution in [0.1, 0.15) is 75.8 Å². The summed E-state index contributed by atoms with van der Waals surface area (Å²) in [5.41, 5.74) is -3.53. The van der Waals surface area contributed by atoms with E-state index in [0.29, 0.717) is 6.41 Å². The van der Waals surface area contributed by atoms with Crippen LogP contribution < -0.4 is 5.32 Å². The van der Waals surface area contributed by atoms with Crippen molar-refractivity contribution in [3.05, 3.63) is 51.6 Å². The second-order valence-corrected chi connectivity index (χ2v) is 10.4. The van der Waals surface area contributed by atoms with Gasteiger partial charge in [0.15, 0.2) is 12.1 Å². The number of ketones is 2. The van der Waals surface area contributed by atoms with Crippen molar-refractivity contribution in [1.82, 2.24) is 5.32 Å². The molecule has 39 heavy (non-hydrogen) atoms. The third kappa shape index (κ3) is 4.15. The predicted octanol–water partition coefficient (Wildman–Crippen LogP) is 0.305. The van der Waals surface area contributed by atoms with Crippen LogP contribution in [0.4, 0.5) is 0 Å². The molecule has 1 aliphatic heterocycles. The predicted molar refractivity (Wildman–Crippen MR) is 131 cm³/mol. The molecule has 208 valence electrons. The van der Waals surface area contributed by atoms with Gasteiger partial charge in [0.25, 0.3) is 0 Å². The Morgan fingerprint density at radius 1 is 1.13 bits per heavy atom. The van der Waals surface area contributed by atoms with E-state index in [1.165, 1.54) is 25.1 Å². The van der Waals surface area contributed by atoms with Crippen LogP contribution >= 0.6 is 0 Å². The van der Waals surface area contributed by atoms with Crippen molar-refractivity contribution >= 4 is 18.0 Å². The van der Waals surface area contributed by atoms with Crippen molar-refractivity contribution in [2.24, 2.45) is 0 Å². The average Bonchev–Trinajstić information content (AvgIpc) is 2.87. The Hall–Kier alpha value is -3.55. The number of phenols is 3. The summed E-state index contributed by atoms with van der Waals surface area (Å²) < 4.78 is 11.8. The van der Waals surface area contributed by atoms with Crippen molar-refractivity contribution in [2.45, 2.75) is 75.5 Å². The summed E-state index contributed by atoms with van der Waals surface area (Å²) >= 11 is 0. The van der Waals surface area contributed by atoms with Gasteiger partial charge in [-0.1, -0.05) is 12.1 Å². The molecule has 0 spiro atoms. The molecule has 5 rings (SSSR count). The van der Waals surface area contributed by atoms with Gasteiger partial charge < -0.3 is 45.4 Å². The molecule has 1 fully saturated rings. The van der Waals surface area contributed by atoms with Crippen LogP contribution in [0.2, 0.25) is 0 Å². The van der Waals surface area contributed by atoms with Gasteiger partial charge in [-0.3, -0.25) is 14.4 Å². The summed E-state index contributed by atoms with van der Waals surface area (Å²) in [7, 11) is 0. The van der Waals surface area contributed by atoms with Gasteiger partial charge in [-0.25, -0.2) is 0 Å². The van der Waals surface area contributed by atoms with Crippen molar-refractivity contribution < 1.29 is 54.5 Å². The normalized spacial score (nSPS) is 30.6. The first-order valence-electron chi connectivity index (χ1n) is 12.5. The van der Waals surface area contributed by atoms with Gasteiger partial charge in [0.1, 0.15) is 23.4 Å². The van der Waals surface area contributed by atoms with Gasteiger partial charge in [0.05, 0.1) is 46.6 Å². The molecule has 7 atom stereocenters. The molecule has 0 saturated carbocycles. The first-order valence-corrected chi connectivity index (χ1v) is 12.5. The van der Waals surface area contributed by atoms with Crippen LogP contribution in [0, 0.1) is 0 Å². The first kappa shape index (κ1) is 27.0. The number of carbonyl (C=O) groups is 3. The van der Waals surface area contributed by atoms with Gasteiger partial charge in [0, 0.05) is 36.0 Å². The van der Waals surface area contributed by atoms with Crippen molar-refractivity contribution in [3.8, 4) is 17.2 Å². The second kappa shape index (κ2) is 9.57. The van der Waals surface area contributed by atoms with E-state index in [-0.39, 0.29) is 41.5 Å². The number of aliphatic hydroxyl groups excluding tert-OH is 2. The van der Waals surface area contributed by atoms with Crippen molar-refractivity contribution in [1.29, 1.82) is 0 Å². The highest BCUT2D eigenvalue weighted by Gasteiger charge is 2.49. The molecule has 2 aromatic carbocycles. The third-order valence-electron chi connectivity index (χ3n) is 7.98. The molecule has 2 aliphatic carbocycles. The lowest BCUT2D eigenvalue weighted by molar-refractivity contribution is -0.252. The fourth-order valence-corrected chi connectivity index (χ4v) is 5.80. The van der Waals surface area contributed by atoms with E-state index < -0.39 is 82.3 Å². The summed E-state index contributed by atoms with van der Waals surface area (Å²) in [5.74, 6) is -3.50. The van der Waals surface area contributed by atoms with Crippen molar-refractivity contribution in [3.63, 3.8) is 0 Å². The first-order chi connectivity index (χ1) is 18.4. The summed E-state index contributed by atoms with van der Waals surface area (Å²) in [4.78, 5) is 37.8. The number of hydrogen-bond acceptors (Lipinski definition) is 11. The zero-order chi connectivity index (χ0) is 28.4. The number of nitrogens with one attached hydrogen (secondary N) is 1. The zero-order valence-electron chi connectivity index (χ0n) is 21.1. The average molecular weight is 544 g/mol. The fourth-order valence-electron chi connectivity index (χ4n) is 5.80. The number of ether oxygens (including phenoxy) is 2. The summed E-state index contributed by atoms with van der Waals surface area (Å²) in [6, 6.07) is 3.16. The summed E-state index contributed by atoms with van der Waals surface area (Å²) in [6.45, 7) is 2.90. The maximum atomic E-state index is 13.5. The van der Waals surface area contributed by atoms with Gasteiger partial charge in [-0.15, -0.1) is 0 Å². The Labute approximate surface area is 222 Å². The second-order valence-electron chi connectivity index (χ2n) is 10.4. The molecule has 3 aliphatic rings. The van der Waals surface area contributed by atoms with E-state index in [2.05, 4.69) is 5.32 Å². The minimum atomic E-state index is -1.87. The zero-order valence-corrected chi connectivity index (χ0v) is 21.1. The molecule has 12 nitrogen and oxygen atoms in total. The molecule has 12 heteroatoms. The SMILES string of the molecule is CC1OC(O[C@H]2C[C@](O)(C(C)O)Cc3c(O)c4c(c(O)c32)C(=O)c2c(O)cccc2C4=O)CC(NC=O)C1O. The highest BCUT2D eigenvalue weighted by molar-refractivity contribution is 6.31. The van der Waals surface area contributed by atoms with Crippen molar-refractivity contribution in [2.75, 3.05) is 0 Å². The van der Waals surface area contributed by atoms with E-state index in [9.17, 15) is 45.0 Å². The number of aromatic hydroxyl groups is 3. The molecule has 1 saturated heterocycles. The van der Waals surface area contributed by atoms with E-state index in [4.69, 9.17) is 9.47 Å². The van der Waals surface area contributed by atoms with Gasteiger partial charge in [-0.2, -0.15) is 0 Å². The van der Waals surface area contributed by atoms with Gasteiger partial charge in [-0.05, 0) is 19.9 Å². The maximum Gasteiger partial charge on any atom is 0.207 e. The molecule has 0 radical (unpaired) electrons. The largest absolute Gasteiger partial charge is 0.507 e. The lowest BCUT2D eigenvalue weighted by Gasteiger charge is -2.44. The molecule has 1 amide bonds. The van der Waals surface area contributed by atoms with Gasteiger partial charge in [0.2, 0.25) is 12.2 Å². The Morgan fingerprint density at radius 2 is 1.82 bits per heavy atom. The van der Waals surface area contributed by atoms with E-state index in [0.717, 1.165) is 0 Å². The highest BCUT2D eigenvalue weighted by atomic mass is 16.7. The van der Waals surface area contributed by atoms with E-state index in [1.54, 1.807) is 6.92 Å². The Kier molecular flexibility index (Phi) is 6.64. The molecule has 0 aromatic heterocycles. The third-order valence-corrected chi connectivity index (χ3v) is 7.98. The quantitative estimate of drug-likeness (QED) is 0.172. The van der Waals surface area contributed by atoms with Crippen LogP contribution in [-0.4, -0.2) is 84.9 Å². The lowest BCUT2D eigenvalue weighted by atomic mass is 9.71. The number of carbonyl (C=O) groups excluding carboxylic acids is 3. The summed E-state index contributed by atoms with van der Waals surface area (Å²) in [5, 5.41) is 67.6. The topological polar surface area (TPSA) is 203 Å².